The van der Waals surface area contributed by atoms with Gasteiger partial charge in [0.15, 0.2) is 0 Å². The zero-order valence-corrected chi connectivity index (χ0v) is 25.0. The molecule has 1 aromatic heterocycles. The van der Waals surface area contributed by atoms with E-state index < -0.39 is 23.9 Å². The summed E-state index contributed by atoms with van der Waals surface area (Å²) in [5.41, 5.74) is 12.0. The fourth-order valence-electron chi connectivity index (χ4n) is 5.81. The molecule has 210 valence electrons. The molecule has 8 heteroatoms. The molecular formula is C34H29BrN4O3. The number of hydrazine groups is 1. The Bertz CT molecular complexity index is 1840. The van der Waals surface area contributed by atoms with Crippen LogP contribution in [0.5, 0.6) is 0 Å². The summed E-state index contributed by atoms with van der Waals surface area (Å²) in [7, 11) is 2.03. The van der Waals surface area contributed by atoms with Crippen LogP contribution in [-0.4, -0.2) is 33.2 Å². The van der Waals surface area contributed by atoms with Crippen LogP contribution in [0.2, 0.25) is 0 Å². The van der Waals surface area contributed by atoms with Crippen molar-refractivity contribution in [3.05, 3.63) is 129 Å². The summed E-state index contributed by atoms with van der Waals surface area (Å²) in [6.07, 6.45) is 0. The molecule has 42 heavy (non-hydrogen) atoms. The minimum absolute atomic E-state index is 0.236. The number of benzene rings is 4. The number of carbonyl (C=O) groups excluding carboxylic acids is 3. The Kier molecular flexibility index (Phi) is 7.16. The van der Waals surface area contributed by atoms with Crippen molar-refractivity contribution in [3.8, 4) is 11.3 Å². The van der Waals surface area contributed by atoms with Gasteiger partial charge in [0.05, 0.1) is 11.7 Å². The molecule has 1 aliphatic heterocycles. The second-order valence-electron chi connectivity index (χ2n) is 10.5. The number of rotatable bonds is 5. The second-order valence-corrected chi connectivity index (χ2v) is 11.4. The van der Waals surface area contributed by atoms with Gasteiger partial charge in [-0.05, 0) is 61.4 Å². The lowest BCUT2D eigenvalue weighted by atomic mass is 9.92. The van der Waals surface area contributed by atoms with Crippen LogP contribution in [0.25, 0.3) is 22.2 Å². The highest BCUT2D eigenvalue weighted by Crippen LogP contribution is 2.47. The molecule has 2 N–H and O–H groups in total. The number of carbonyl (C=O) groups is 3. The Morgan fingerprint density at radius 3 is 2.26 bits per heavy atom. The van der Waals surface area contributed by atoms with Crippen LogP contribution in [0.1, 0.15) is 50.4 Å². The minimum Gasteiger partial charge on any atom is -0.343 e. The SMILES string of the molecule is Cc1ccc(-c2c(C3c4ccccc4C(=O)N3C(C)C(=O)NNC(=O)c3ccc(Br)cc3)c3ccccc3n2C)cc1. The summed E-state index contributed by atoms with van der Waals surface area (Å²) < 4.78 is 3.00. The van der Waals surface area contributed by atoms with Crippen LogP contribution in [0, 0.1) is 6.92 Å². The molecule has 2 unspecified atom stereocenters. The molecule has 0 fully saturated rings. The van der Waals surface area contributed by atoms with Crippen molar-refractivity contribution in [2.24, 2.45) is 7.05 Å². The van der Waals surface area contributed by atoms with E-state index in [1.807, 2.05) is 37.4 Å². The smallest absolute Gasteiger partial charge is 0.269 e. The Hall–Kier alpha value is -4.69. The van der Waals surface area contributed by atoms with E-state index in [0.717, 1.165) is 43.3 Å². The second kappa shape index (κ2) is 10.9. The molecule has 0 bridgehead atoms. The van der Waals surface area contributed by atoms with Crippen molar-refractivity contribution in [1.29, 1.82) is 0 Å². The number of nitrogens with zero attached hydrogens (tertiary/aromatic N) is 2. The summed E-state index contributed by atoms with van der Waals surface area (Å²) in [5.74, 6) is -1.18. The third-order valence-electron chi connectivity index (χ3n) is 7.95. The zero-order valence-electron chi connectivity index (χ0n) is 23.4. The lowest BCUT2D eigenvalue weighted by molar-refractivity contribution is -0.126. The van der Waals surface area contributed by atoms with Gasteiger partial charge in [0.25, 0.3) is 17.7 Å². The van der Waals surface area contributed by atoms with E-state index in [-0.39, 0.29) is 5.91 Å². The first-order valence-corrected chi connectivity index (χ1v) is 14.5. The van der Waals surface area contributed by atoms with E-state index in [4.69, 9.17) is 0 Å². The summed E-state index contributed by atoms with van der Waals surface area (Å²) >= 11 is 3.36. The highest BCUT2D eigenvalue weighted by molar-refractivity contribution is 9.10. The first-order valence-electron chi connectivity index (χ1n) is 13.7. The van der Waals surface area contributed by atoms with Crippen LogP contribution in [0.4, 0.5) is 0 Å². The number of hydrogen-bond acceptors (Lipinski definition) is 3. The molecule has 0 saturated carbocycles. The standard InChI is InChI=1S/C34H29BrN4O3/c1-20-12-14-22(15-13-20)30-29(27-10-6-7-11-28(27)38(30)3)31-25-8-4-5-9-26(25)34(42)39(31)21(2)32(40)36-37-33(41)23-16-18-24(35)19-17-23/h4-19,21,31H,1-3H3,(H,36,40)(H,37,41). The zero-order chi connectivity index (χ0) is 29.5. The lowest BCUT2D eigenvalue weighted by Crippen LogP contribution is -2.52. The van der Waals surface area contributed by atoms with E-state index in [1.54, 1.807) is 42.2 Å². The summed E-state index contributed by atoms with van der Waals surface area (Å²) in [5, 5.41) is 1.01. The third-order valence-corrected chi connectivity index (χ3v) is 8.47. The molecule has 4 aromatic carbocycles. The van der Waals surface area contributed by atoms with Crippen LogP contribution < -0.4 is 10.9 Å². The largest absolute Gasteiger partial charge is 0.343 e. The van der Waals surface area contributed by atoms with Crippen LogP contribution in [-0.2, 0) is 11.8 Å². The summed E-state index contributed by atoms with van der Waals surface area (Å²) in [4.78, 5) is 41.8. The molecule has 2 atom stereocenters. The van der Waals surface area contributed by atoms with Crippen molar-refractivity contribution in [2.45, 2.75) is 25.9 Å². The van der Waals surface area contributed by atoms with Gasteiger partial charge in [0.1, 0.15) is 6.04 Å². The molecule has 0 aliphatic carbocycles. The maximum Gasteiger partial charge on any atom is 0.269 e. The third kappa shape index (κ3) is 4.67. The van der Waals surface area contributed by atoms with Gasteiger partial charge in [0, 0.05) is 39.1 Å². The van der Waals surface area contributed by atoms with Gasteiger partial charge in [-0.1, -0.05) is 82.2 Å². The monoisotopic (exact) mass is 620 g/mol. The van der Waals surface area contributed by atoms with E-state index >= 15 is 0 Å². The van der Waals surface area contributed by atoms with E-state index in [9.17, 15) is 14.4 Å². The average Bonchev–Trinajstić information content (AvgIpc) is 3.46. The van der Waals surface area contributed by atoms with Crippen LogP contribution in [0.3, 0.4) is 0 Å². The molecule has 7 nitrogen and oxygen atoms in total. The van der Waals surface area contributed by atoms with Crippen molar-refractivity contribution < 1.29 is 14.4 Å². The number of halogens is 1. The fraction of sp³-hybridized carbons (Fsp3) is 0.147. The Labute approximate surface area is 252 Å². The maximum absolute atomic E-state index is 14.0. The Morgan fingerprint density at radius 1 is 0.857 bits per heavy atom. The molecule has 2 heterocycles. The van der Waals surface area contributed by atoms with Crippen LogP contribution >= 0.6 is 15.9 Å². The van der Waals surface area contributed by atoms with E-state index in [1.165, 1.54) is 0 Å². The normalized spacial score (nSPS) is 15.0. The predicted octanol–water partition coefficient (Wildman–Crippen LogP) is 6.31. The van der Waals surface area contributed by atoms with Crippen molar-refractivity contribution in [1.82, 2.24) is 20.3 Å². The van der Waals surface area contributed by atoms with Crippen LogP contribution in [0.15, 0.2) is 102 Å². The molecule has 3 amide bonds. The molecule has 0 saturated heterocycles. The molecule has 6 rings (SSSR count). The molecular weight excluding hydrogens is 592 g/mol. The van der Waals surface area contributed by atoms with E-state index in [0.29, 0.717) is 11.1 Å². The average molecular weight is 622 g/mol. The number of aryl methyl sites for hydroxylation is 2. The first kappa shape index (κ1) is 27.5. The molecule has 5 aromatic rings. The number of amides is 3. The predicted molar refractivity (Wildman–Crippen MR) is 167 cm³/mol. The number of hydrogen-bond donors (Lipinski definition) is 2. The molecule has 0 spiro atoms. The van der Waals surface area contributed by atoms with E-state index in [2.05, 4.69) is 74.7 Å². The summed E-state index contributed by atoms with van der Waals surface area (Å²) in [6.45, 7) is 3.74. The van der Waals surface area contributed by atoms with Gasteiger partial charge < -0.3 is 9.47 Å². The lowest BCUT2D eigenvalue weighted by Gasteiger charge is -2.31. The Balaban J connectivity index is 1.43. The maximum atomic E-state index is 14.0. The van der Waals surface area contributed by atoms with Gasteiger partial charge in [-0.15, -0.1) is 0 Å². The number of nitrogens with one attached hydrogen (secondary N) is 2. The van der Waals surface area contributed by atoms with Crippen molar-refractivity contribution in [2.75, 3.05) is 0 Å². The van der Waals surface area contributed by atoms with Crippen molar-refractivity contribution >= 4 is 44.6 Å². The minimum atomic E-state index is -0.898. The quantitative estimate of drug-likeness (QED) is 0.226. The fourth-order valence-corrected chi connectivity index (χ4v) is 6.08. The van der Waals surface area contributed by atoms with Gasteiger partial charge in [-0.2, -0.15) is 0 Å². The van der Waals surface area contributed by atoms with Gasteiger partial charge in [-0.3, -0.25) is 25.2 Å². The number of para-hydroxylation sites is 1. The number of aromatic nitrogens is 1. The highest BCUT2D eigenvalue weighted by Gasteiger charge is 2.44. The number of fused-ring (bicyclic) bond motifs is 2. The topological polar surface area (TPSA) is 83.4 Å². The Morgan fingerprint density at radius 2 is 1.52 bits per heavy atom. The van der Waals surface area contributed by atoms with Crippen molar-refractivity contribution in [3.63, 3.8) is 0 Å². The van der Waals surface area contributed by atoms with Gasteiger partial charge in [-0.25, -0.2) is 0 Å². The highest BCUT2D eigenvalue weighted by atomic mass is 79.9. The molecule has 1 aliphatic rings. The first-order chi connectivity index (χ1) is 20.3. The molecule has 0 radical (unpaired) electrons. The van der Waals surface area contributed by atoms with Gasteiger partial charge >= 0.3 is 0 Å². The van der Waals surface area contributed by atoms with Gasteiger partial charge in [0.2, 0.25) is 0 Å². The summed E-state index contributed by atoms with van der Waals surface area (Å²) in [6, 6.07) is 29.4.